The van der Waals surface area contributed by atoms with Crippen LogP contribution >= 0.6 is 11.6 Å². The zero-order chi connectivity index (χ0) is 9.68. The van der Waals surface area contributed by atoms with Gasteiger partial charge in [-0.15, -0.1) is 0 Å². The van der Waals surface area contributed by atoms with Gasteiger partial charge >= 0.3 is 0 Å². The maximum absolute atomic E-state index is 9.70. The van der Waals surface area contributed by atoms with E-state index in [9.17, 15) is 5.11 Å². The highest BCUT2D eigenvalue weighted by molar-refractivity contribution is 6.30. The Bertz CT molecular complexity index is 243. The van der Waals surface area contributed by atoms with E-state index in [1.807, 2.05) is 24.3 Å². The van der Waals surface area contributed by atoms with E-state index in [1.165, 1.54) is 0 Å². The molecule has 0 amide bonds. The summed E-state index contributed by atoms with van der Waals surface area (Å²) in [6.07, 6.45) is 2.67. The molecule has 0 spiro atoms. The van der Waals surface area contributed by atoms with Gasteiger partial charge in [-0.2, -0.15) is 0 Å². The van der Waals surface area contributed by atoms with E-state index >= 15 is 0 Å². The van der Waals surface area contributed by atoms with Crippen molar-refractivity contribution in [2.45, 2.75) is 32.3 Å². The molecule has 0 saturated carbocycles. The van der Waals surface area contributed by atoms with Crippen LogP contribution in [0, 0.1) is 0 Å². The smallest absolute Gasteiger partial charge is 0.0790 e. The lowest BCUT2D eigenvalue weighted by atomic mass is 10.0. The van der Waals surface area contributed by atoms with E-state index in [1.54, 1.807) is 0 Å². The molecule has 0 radical (unpaired) electrons. The average Bonchev–Trinajstić information content (AvgIpc) is 2.15. The van der Waals surface area contributed by atoms with Crippen LogP contribution in [0.2, 0.25) is 5.02 Å². The molecular weight excluding hydrogens is 184 g/mol. The molecule has 1 rings (SSSR count). The van der Waals surface area contributed by atoms with Crippen molar-refractivity contribution in [1.29, 1.82) is 0 Å². The van der Waals surface area contributed by atoms with Crippen LogP contribution in [0.15, 0.2) is 24.3 Å². The zero-order valence-corrected chi connectivity index (χ0v) is 8.59. The minimum atomic E-state index is -0.336. The van der Waals surface area contributed by atoms with E-state index in [-0.39, 0.29) is 6.10 Å². The Labute approximate surface area is 84.4 Å². The summed E-state index contributed by atoms with van der Waals surface area (Å²) >= 11 is 5.74. The minimum absolute atomic E-state index is 0.336. The van der Waals surface area contributed by atoms with E-state index in [4.69, 9.17) is 11.6 Å². The summed E-state index contributed by atoms with van der Waals surface area (Å²) in [5.41, 5.74) is 0.956. The van der Waals surface area contributed by atoms with Crippen molar-refractivity contribution in [3.63, 3.8) is 0 Å². The average molecular weight is 199 g/mol. The second-order valence-corrected chi connectivity index (χ2v) is 3.65. The fourth-order valence-electron chi connectivity index (χ4n) is 1.25. The molecule has 1 aromatic rings. The number of unbranched alkanes of at least 4 members (excludes halogenated alkanes) is 1. The van der Waals surface area contributed by atoms with Crippen molar-refractivity contribution in [3.8, 4) is 0 Å². The first-order valence-electron chi connectivity index (χ1n) is 4.67. The zero-order valence-electron chi connectivity index (χ0n) is 7.83. The second kappa shape index (κ2) is 5.25. The van der Waals surface area contributed by atoms with E-state index in [0.29, 0.717) is 5.02 Å². The van der Waals surface area contributed by atoms with E-state index < -0.39 is 0 Å². The number of aliphatic hydroxyl groups excluding tert-OH is 1. The summed E-state index contributed by atoms with van der Waals surface area (Å²) < 4.78 is 0. The monoisotopic (exact) mass is 198 g/mol. The van der Waals surface area contributed by atoms with Crippen molar-refractivity contribution in [3.05, 3.63) is 34.9 Å². The van der Waals surface area contributed by atoms with Gasteiger partial charge < -0.3 is 5.11 Å². The molecule has 1 N–H and O–H groups in total. The number of benzene rings is 1. The predicted octanol–water partition coefficient (Wildman–Crippen LogP) is 3.56. The Hall–Kier alpha value is -0.530. The second-order valence-electron chi connectivity index (χ2n) is 3.21. The van der Waals surface area contributed by atoms with Crippen LogP contribution in [-0.4, -0.2) is 5.11 Å². The van der Waals surface area contributed by atoms with Crippen LogP contribution in [0.3, 0.4) is 0 Å². The van der Waals surface area contributed by atoms with Crippen molar-refractivity contribution in [2.75, 3.05) is 0 Å². The van der Waals surface area contributed by atoms with Gasteiger partial charge in [0.05, 0.1) is 6.10 Å². The largest absolute Gasteiger partial charge is 0.388 e. The third kappa shape index (κ3) is 3.37. The number of hydrogen-bond donors (Lipinski definition) is 1. The lowest BCUT2D eigenvalue weighted by molar-refractivity contribution is 0.164. The van der Waals surface area contributed by atoms with Crippen LogP contribution in [0.25, 0.3) is 0 Å². The van der Waals surface area contributed by atoms with E-state index in [2.05, 4.69) is 6.92 Å². The van der Waals surface area contributed by atoms with Crippen LogP contribution in [0.4, 0.5) is 0 Å². The van der Waals surface area contributed by atoms with Gasteiger partial charge in [0.1, 0.15) is 0 Å². The topological polar surface area (TPSA) is 20.2 Å². The summed E-state index contributed by atoms with van der Waals surface area (Å²) in [7, 11) is 0. The molecule has 0 bridgehead atoms. The lowest BCUT2D eigenvalue weighted by Gasteiger charge is -2.09. The van der Waals surface area contributed by atoms with Gasteiger partial charge in [0.2, 0.25) is 0 Å². The molecule has 0 aromatic heterocycles. The summed E-state index contributed by atoms with van der Waals surface area (Å²) in [5, 5.41) is 10.4. The molecule has 0 aliphatic rings. The molecule has 72 valence electrons. The fraction of sp³-hybridized carbons (Fsp3) is 0.455. The maximum atomic E-state index is 9.70. The normalized spacial score (nSPS) is 12.8. The molecule has 1 aromatic carbocycles. The summed E-state index contributed by atoms with van der Waals surface area (Å²) in [6, 6.07) is 7.38. The third-order valence-electron chi connectivity index (χ3n) is 2.09. The van der Waals surface area contributed by atoms with Crippen LogP contribution in [0.1, 0.15) is 37.9 Å². The molecule has 2 heteroatoms. The first kappa shape index (κ1) is 10.6. The number of rotatable bonds is 4. The molecule has 0 aliphatic carbocycles. The number of aliphatic hydroxyl groups is 1. The molecule has 0 saturated heterocycles. The molecule has 13 heavy (non-hydrogen) atoms. The summed E-state index contributed by atoms with van der Waals surface area (Å²) in [6.45, 7) is 2.12. The molecule has 0 aliphatic heterocycles. The summed E-state index contributed by atoms with van der Waals surface area (Å²) in [5.74, 6) is 0. The highest BCUT2D eigenvalue weighted by atomic mass is 35.5. The molecule has 0 heterocycles. The first-order valence-corrected chi connectivity index (χ1v) is 5.05. The van der Waals surface area contributed by atoms with Crippen molar-refractivity contribution >= 4 is 11.6 Å². The Morgan fingerprint density at radius 2 is 1.92 bits per heavy atom. The Morgan fingerprint density at radius 3 is 2.46 bits per heavy atom. The first-order chi connectivity index (χ1) is 6.24. The Morgan fingerprint density at radius 1 is 1.31 bits per heavy atom. The van der Waals surface area contributed by atoms with Gasteiger partial charge in [-0.1, -0.05) is 43.5 Å². The summed E-state index contributed by atoms with van der Waals surface area (Å²) in [4.78, 5) is 0. The predicted molar refractivity (Wildman–Crippen MR) is 55.9 cm³/mol. The van der Waals surface area contributed by atoms with Gasteiger partial charge in [-0.3, -0.25) is 0 Å². The van der Waals surface area contributed by atoms with Gasteiger partial charge in [-0.25, -0.2) is 0 Å². The quantitative estimate of drug-likeness (QED) is 0.785. The van der Waals surface area contributed by atoms with Crippen molar-refractivity contribution in [2.24, 2.45) is 0 Å². The Kier molecular flexibility index (Phi) is 4.26. The fourth-order valence-corrected chi connectivity index (χ4v) is 1.38. The minimum Gasteiger partial charge on any atom is -0.388 e. The highest BCUT2D eigenvalue weighted by Crippen LogP contribution is 2.20. The van der Waals surface area contributed by atoms with Crippen molar-refractivity contribution < 1.29 is 5.11 Å². The number of hydrogen-bond acceptors (Lipinski definition) is 1. The van der Waals surface area contributed by atoms with Crippen LogP contribution in [-0.2, 0) is 0 Å². The molecule has 0 fully saturated rings. The van der Waals surface area contributed by atoms with Gasteiger partial charge in [0, 0.05) is 5.02 Å². The lowest BCUT2D eigenvalue weighted by Crippen LogP contribution is -1.96. The highest BCUT2D eigenvalue weighted by Gasteiger charge is 2.05. The van der Waals surface area contributed by atoms with Crippen LogP contribution < -0.4 is 0 Å². The van der Waals surface area contributed by atoms with Crippen LogP contribution in [0.5, 0.6) is 0 Å². The molecular formula is C11H15ClO. The SMILES string of the molecule is CCCCC(O)c1ccc(Cl)cc1. The molecule has 1 atom stereocenters. The van der Waals surface area contributed by atoms with Gasteiger partial charge in [0.15, 0.2) is 0 Å². The molecule has 1 nitrogen and oxygen atoms in total. The third-order valence-corrected chi connectivity index (χ3v) is 2.34. The van der Waals surface area contributed by atoms with E-state index in [0.717, 1.165) is 24.8 Å². The van der Waals surface area contributed by atoms with Gasteiger partial charge in [-0.05, 0) is 24.1 Å². The Balaban J connectivity index is 2.55. The number of halogens is 1. The van der Waals surface area contributed by atoms with Crippen molar-refractivity contribution in [1.82, 2.24) is 0 Å². The standard InChI is InChI=1S/C11H15ClO/c1-2-3-4-11(13)9-5-7-10(12)8-6-9/h5-8,11,13H,2-4H2,1H3. The molecule has 1 unspecified atom stereocenters. The maximum Gasteiger partial charge on any atom is 0.0790 e. The van der Waals surface area contributed by atoms with Gasteiger partial charge in [0.25, 0.3) is 0 Å².